The van der Waals surface area contributed by atoms with Gasteiger partial charge in [0.25, 0.3) is 5.69 Å². The minimum absolute atomic E-state index is 0.00369. The van der Waals surface area contributed by atoms with Crippen LogP contribution in [0.15, 0.2) is 54.6 Å². The fourth-order valence-electron chi connectivity index (χ4n) is 3.32. The van der Waals surface area contributed by atoms with Gasteiger partial charge in [-0.25, -0.2) is 0 Å². The lowest BCUT2D eigenvalue weighted by atomic mass is 10.1. The van der Waals surface area contributed by atoms with Gasteiger partial charge in [0.2, 0.25) is 5.91 Å². The van der Waals surface area contributed by atoms with Crippen molar-refractivity contribution in [2.75, 3.05) is 18.4 Å². The number of nitro benzene ring substituents is 1. The molecule has 2 aromatic rings. The van der Waals surface area contributed by atoms with Crippen molar-refractivity contribution in [3.8, 4) is 0 Å². The molecule has 0 atom stereocenters. The van der Waals surface area contributed by atoms with Crippen molar-refractivity contribution in [1.29, 1.82) is 0 Å². The summed E-state index contributed by atoms with van der Waals surface area (Å²) in [5, 5.41) is 13.6. The second-order valence-electron chi connectivity index (χ2n) is 6.86. The van der Waals surface area contributed by atoms with Crippen LogP contribution in [0.5, 0.6) is 0 Å². The van der Waals surface area contributed by atoms with Crippen LogP contribution < -0.4 is 10.2 Å². The summed E-state index contributed by atoms with van der Waals surface area (Å²) >= 11 is 0. The Morgan fingerprint density at radius 3 is 2.56 bits per heavy atom. The normalized spacial score (nSPS) is 15.0. The highest BCUT2D eigenvalue weighted by atomic mass is 16.6. The maximum Gasteiger partial charge on any atom is 0.270 e. The molecule has 1 heterocycles. The molecule has 3 rings (SSSR count). The summed E-state index contributed by atoms with van der Waals surface area (Å²) in [6.07, 6.45) is 6.90. The number of rotatable bonds is 6. The van der Waals surface area contributed by atoms with Crippen LogP contribution in [0.1, 0.15) is 30.4 Å². The third kappa shape index (κ3) is 5.76. The number of nitrogens with one attached hydrogen (secondary N) is 2. The summed E-state index contributed by atoms with van der Waals surface area (Å²) in [5.41, 5.74) is 2.63. The Morgan fingerprint density at radius 2 is 1.85 bits per heavy atom. The number of nitro groups is 1. The number of anilines is 1. The second-order valence-corrected chi connectivity index (χ2v) is 6.86. The van der Waals surface area contributed by atoms with Gasteiger partial charge < -0.3 is 10.2 Å². The summed E-state index contributed by atoms with van der Waals surface area (Å²) in [5.74, 6) is -0.268. The summed E-state index contributed by atoms with van der Waals surface area (Å²) in [6, 6.07) is 14.1. The first-order chi connectivity index (χ1) is 13.1. The zero-order valence-corrected chi connectivity index (χ0v) is 15.2. The average molecular weight is 366 g/mol. The van der Waals surface area contributed by atoms with E-state index in [4.69, 9.17) is 0 Å². The van der Waals surface area contributed by atoms with Crippen molar-refractivity contribution in [1.82, 2.24) is 0 Å². The molecule has 1 fully saturated rings. The third-order valence-corrected chi connectivity index (χ3v) is 4.74. The van der Waals surface area contributed by atoms with E-state index in [-0.39, 0.29) is 11.6 Å². The smallest absolute Gasteiger partial charge is 0.270 e. The lowest BCUT2D eigenvalue weighted by Gasteiger charge is -2.23. The monoisotopic (exact) mass is 366 g/mol. The first-order valence-corrected chi connectivity index (χ1v) is 9.26. The fourth-order valence-corrected chi connectivity index (χ4v) is 3.32. The summed E-state index contributed by atoms with van der Waals surface area (Å²) in [6.45, 7) is 3.50. The van der Waals surface area contributed by atoms with E-state index in [1.165, 1.54) is 56.1 Å². The number of quaternary nitrogens is 1. The van der Waals surface area contributed by atoms with E-state index in [9.17, 15) is 14.9 Å². The Kier molecular flexibility index (Phi) is 6.33. The number of carbonyl (C=O) groups is 1. The molecule has 0 aliphatic carbocycles. The van der Waals surface area contributed by atoms with Gasteiger partial charge in [0.15, 0.2) is 0 Å². The number of likely N-dealkylation sites (tertiary alicyclic amines) is 1. The predicted molar refractivity (Wildman–Crippen MR) is 105 cm³/mol. The maximum atomic E-state index is 12.1. The van der Waals surface area contributed by atoms with Gasteiger partial charge in [-0.1, -0.05) is 24.3 Å². The van der Waals surface area contributed by atoms with Gasteiger partial charge in [0, 0.05) is 29.5 Å². The molecule has 1 amide bonds. The number of hydrogen-bond donors (Lipinski definition) is 2. The van der Waals surface area contributed by atoms with Crippen molar-refractivity contribution in [3.05, 3.63) is 75.8 Å². The summed E-state index contributed by atoms with van der Waals surface area (Å²) < 4.78 is 0. The standard InChI is InChI=1S/C21H23N3O3/c25-21(12-9-17-5-4-6-20(15-17)24(26)27)22-19-10-7-18(8-11-19)16-23-13-2-1-3-14-23/h4-12,15H,1-3,13-14,16H2,(H,22,25)/p+1/b12-9+. The SMILES string of the molecule is O=C(/C=C/c1cccc([N+](=O)[O-])c1)Nc1ccc(C[NH+]2CCCCC2)cc1. The average Bonchev–Trinajstić information content (AvgIpc) is 2.69. The van der Waals surface area contributed by atoms with Crippen LogP contribution in [0.25, 0.3) is 6.08 Å². The first-order valence-electron chi connectivity index (χ1n) is 9.26. The van der Waals surface area contributed by atoms with E-state index in [0.29, 0.717) is 5.56 Å². The van der Waals surface area contributed by atoms with Gasteiger partial charge in [-0.2, -0.15) is 0 Å². The molecule has 27 heavy (non-hydrogen) atoms. The molecule has 6 heteroatoms. The molecular weight excluding hydrogens is 342 g/mol. The Morgan fingerprint density at radius 1 is 1.11 bits per heavy atom. The quantitative estimate of drug-likeness (QED) is 0.469. The van der Waals surface area contributed by atoms with E-state index in [1.807, 2.05) is 12.1 Å². The first kappa shape index (κ1) is 18.8. The zero-order valence-electron chi connectivity index (χ0n) is 15.2. The number of carbonyl (C=O) groups excluding carboxylic acids is 1. The van der Waals surface area contributed by atoms with E-state index in [0.717, 1.165) is 12.2 Å². The highest BCUT2D eigenvalue weighted by Gasteiger charge is 2.13. The van der Waals surface area contributed by atoms with E-state index < -0.39 is 4.92 Å². The molecule has 0 bridgehead atoms. The van der Waals surface area contributed by atoms with Gasteiger partial charge in [-0.15, -0.1) is 0 Å². The second kappa shape index (κ2) is 9.09. The molecule has 0 saturated carbocycles. The van der Waals surface area contributed by atoms with Crippen molar-refractivity contribution in [2.45, 2.75) is 25.8 Å². The van der Waals surface area contributed by atoms with Crippen molar-refractivity contribution >= 4 is 23.4 Å². The molecule has 1 saturated heterocycles. The predicted octanol–water partition coefficient (Wildman–Crippen LogP) is 2.82. The molecule has 2 N–H and O–H groups in total. The molecule has 1 aliphatic heterocycles. The Labute approximate surface area is 158 Å². The van der Waals surface area contributed by atoms with Gasteiger partial charge in [0.1, 0.15) is 6.54 Å². The fraction of sp³-hybridized carbons (Fsp3) is 0.286. The third-order valence-electron chi connectivity index (χ3n) is 4.74. The topological polar surface area (TPSA) is 76.7 Å². The molecule has 0 aromatic heterocycles. The van der Waals surface area contributed by atoms with E-state index in [1.54, 1.807) is 23.1 Å². The van der Waals surface area contributed by atoms with Gasteiger partial charge in [0.05, 0.1) is 18.0 Å². The number of hydrogen-bond acceptors (Lipinski definition) is 3. The Balaban J connectivity index is 1.54. The Hall–Kier alpha value is -2.99. The Bertz CT molecular complexity index is 825. The van der Waals surface area contributed by atoms with Crippen molar-refractivity contribution in [2.24, 2.45) is 0 Å². The van der Waals surface area contributed by atoms with Crippen LogP contribution in [0, 0.1) is 10.1 Å². The number of nitrogens with zero attached hydrogens (tertiary/aromatic N) is 1. The molecule has 2 aromatic carbocycles. The molecular formula is C21H24N3O3+. The largest absolute Gasteiger partial charge is 0.331 e. The zero-order chi connectivity index (χ0) is 19.1. The minimum atomic E-state index is -0.454. The van der Waals surface area contributed by atoms with Crippen molar-refractivity contribution < 1.29 is 14.6 Å². The molecule has 1 aliphatic rings. The van der Waals surface area contributed by atoms with E-state index in [2.05, 4.69) is 17.4 Å². The number of benzene rings is 2. The van der Waals surface area contributed by atoms with E-state index >= 15 is 0 Å². The number of piperidine rings is 1. The van der Waals surface area contributed by atoms with Crippen LogP contribution in [0.4, 0.5) is 11.4 Å². The highest BCUT2D eigenvalue weighted by Crippen LogP contribution is 2.14. The van der Waals surface area contributed by atoms with Crippen LogP contribution in [-0.4, -0.2) is 23.9 Å². The molecule has 6 nitrogen and oxygen atoms in total. The minimum Gasteiger partial charge on any atom is -0.331 e. The number of amides is 1. The maximum absolute atomic E-state index is 12.1. The lowest BCUT2D eigenvalue weighted by molar-refractivity contribution is -0.918. The summed E-state index contributed by atoms with van der Waals surface area (Å²) in [7, 11) is 0. The van der Waals surface area contributed by atoms with Gasteiger partial charge >= 0.3 is 0 Å². The molecule has 0 unspecified atom stereocenters. The van der Waals surface area contributed by atoms with Gasteiger partial charge in [-0.3, -0.25) is 14.9 Å². The molecule has 0 radical (unpaired) electrons. The number of non-ortho nitro benzene ring substituents is 1. The summed E-state index contributed by atoms with van der Waals surface area (Å²) in [4.78, 5) is 24.0. The van der Waals surface area contributed by atoms with Gasteiger partial charge in [-0.05, 0) is 43.0 Å². The highest BCUT2D eigenvalue weighted by molar-refractivity contribution is 6.01. The molecule has 0 spiro atoms. The van der Waals surface area contributed by atoms with Crippen LogP contribution in [0.2, 0.25) is 0 Å². The van der Waals surface area contributed by atoms with Crippen molar-refractivity contribution in [3.63, 3.8) is 0 Å². The van der Waals surface area contributed by atoms with Crippen LogP contribution in [0.3, 0.4) is 0 Å². The molecule has 140 valence electrons. The van der Waals surface area contributed by atoms with Crippen LogP contribution >= 0.6 is 0 Å². The van der Waals surface area contributed by atoms with Crippen LogP contribution in [-0.2, 0) is 11.3 Å². The lowest BCUT2D eigenvalue weighted by Crippen LogP contribution is -3.11.